The molecule has 3 rings (SSSR count). The Balaban J connectivity index is 1.94. The van der Waals surface area contributed by atoms with Crippen LogP contribution in [-0.4, -0.2) is 36.2 Å². The highest BCUT2D eigenvalue weighted by Gasteiger charge is 2.13. The molecule has 0 saturated carbocycles. The van der Waals surface area contributed by atoms with E-state index in [1.807, 2.05) is 24.4 Å². The van der Waals surface area contributed by atoms with Crippen LogP contribution in [0.2, 0.25) is 0 Å². The minimum Gasteiger partial charge on any atom is -0.398 e. The van der Waals surface area contributed by atoms with Crippen LogP contribution in [0.3, 0.4) is 0 Å². The number of rotatable bonds is 2. The molecule has 0 unspecified atom stereocenters. The van der Waals surface area contributed by atoms with Gasteiger partial charge in [0.1, 0.15) is 0 Å². The molecule has 2 N–H and O–H groups in total. The number of nitrogens with two attached hydrogens (primary N) is 1. The minimum atomic E-state index is 0.795. The SMILES string of the molecule is Nc1ccc(CN2CCOCC2)c2ncccc12. The molecule has 1 aliphatic heterocycles. The summed E-state index contributed by atoms with van der Waals surface area (Å²) in [5.41, 5.74) is 9.04. The molecule has 0 aliphatic carbocycles. The van der Waals surface area contributed by atoms with Gasteiger partial charge in [-0.25, -0.2) is 0 Å². The third-order valence-corrected chi connectivity index (χ3v) is 3.38. The van der Waals surface area contributed by atoms with E-state index in [2.05, 4.69) is 16.0 Å². The largest absolute Gasteiger partial charge is 0.398 e. The van der Waals surface area contributed by atoms with Crippen molar-refractivity contribution in [2.45, 2.75) is 6.54 Å². The zero-order chi connectivity index (χ0) is 12.4. The molecule has 94 valence electrons. The lowest BCUT2D eigenvalue weighted by atomic mass is 10.1. The van der Waals surface area contributed by atoms with E-state index in [4.69, 9.17) is 10.5 Å². The van der Waals surface area contributed by atoms with Crippen LogP contribution in [-0.2, 0) is 11.3 Å². The van der Waals surface area contributed by atoms with E-state index in [1.165, 1.54) is 5.56 Å². The molecule has 0 radical (unpaired) electrons. The molecule has 1 fully saturated rings. The lowest BCUT2D eigenvalue weighted by Gasteiger charge is -2.26. The van der Waals surface area contributed by atoms with Crippen molar-refractivity contribution < 1.29 is 4.74 Å². The van der Waals surface area contributed by atoms with E-state index < -0.39 is 0 Å². The number of nitrogen functional groups attached to an aromatic ring is 1. The number of benzene rings is 1. The number of nitrogens with zero attached hydrogens (tertiary/aromatic N) is 2. The molecule has 1 aliphatic rings. The Bertz CT molecular complexity index is 550. The van der Waals surface area contributed by atoms with Crippen LogP contribution in [0.4, 0.5) is 5.69 Å². The Morgan fingerprint density at radius 1 is 1.22 bits per heavy atom. The molecule has 0 atom stereocenters. The molecular formula is C14H17N3O. The lowest BCUT2D eigenvalue weighted by molar-refractivity contribution is 0.0343. The van der Waals surface area contributed by atoms with Crippen molar-refractivity contribution in [1.29, 1.82) is 0 Å². The van der Waals surface area contributed by atoms with Gasteiger partial charge in [-0.2, -0.15) is 0 Å². The van der Waals surface area contributed by atoms with Crippen LogP contribution in [0.1, 0.15) is 5.56 Å². The molecule has 1 aromatic carbocycles. The van der Waals surface area contributed by atoms with Gasteiger partial charge in [0, 0.05) is 36.9 Å². The second-order valence-electron chi connectivity index (χ2n) is 4.60. The number of hydrogen-bond donors (Lipinski definition) is 1. The molecule has 2 heterocycles. The van der Waals surface area contributed by atoms with E-state index in [0.717, 1.165) is 49.4 Å². The van der Waals surface area contributed by atoms with Crippen molar-refractivity contribution in [3.05, 3.63) is 36.0 Å². The standard InChI is InChI=1S/C14H17N3O/c15-13-4-3-11(10-17-6-8-18-9-7-17)14-12(13)2-1-5-16-14/h1-5H,6-10,15H2. The molecular weight excluding hydrogens is 226 g/mol. The zero-order valence-electron chi connectivity index (χ0n) is 10.3. The average molecular weight is 243 g/mol. The first kappa shape index (κ1) is 11.4. The summed E-state index contributed by atoms with van der Waals surface area (Å²) in [5.74, 6) is 0. The van der Waals surface area contributed by atoms with Crippen LogP contribution >= 0.6 is 0 Å². The molecule has 1 aromatic heterocycles. The summed E-state index contributed by atoms with van der Waals surface area (Å²) in [6.45, 7) is 4.52. The summed E-state index contributed by atoms with van der Waals surface area (Å²) >= 11 is 0. The summed E-state index contributed by atoms with van der Waals surface area (Å²) in [6, 6.07) is 8.01. The highest BCUT2D eigenvalue weighted by atomic mass is 16.5. The number of ether oxygens (including phenoxy) is 1. The Morgan fingerprint density at radius 3 is 2.89 bits per heavy atom. The van der Waals surface area contributed by atoms with E-state index in [0.29, 0.717) is 0 Å². The molecule has 4 heteroatoms. The first-order valence-electron chi connectivity index (χ1n) is 6.27. The molecule has 0 spiro atoms. The van der Waals surface area contributed by atoms with Crippen LogP contribution in [0, 0.1) is 0 Å². The second-order valence-corrected chi connectivity index (χ2v) is 4.60. The highest BCUT2D eigenvalue weighted by molar-refractivity contribution is 5.92. The molecule has 0 bridgehead atoms. The molecule has 1 saturated heterocycles. The third-order valence-electron chi connectivity index (χ3n) is 3.38. The number of morpholine rings is 1. The Hall–Kier alpha value is -1.65. The molecule has 4 nitrogen and oxygen atoms in total. The number of pyridine rings is 1. The minimum absolute atomic E-state index is 0.795. The van der Waals surface area contributed by atoms with Crippen molar-refractivity contribution in [1.82, 2.24) is 9.88 Å². The smallest absolute Gasteiger partial charge is 0.0767 e. The van der Waals surface area contributed by atoms with E-state index in [9.17, 15) is 0 Å². The number of fused-ring (bicyclic) bond motifs is 1. The van der Waals surface area contributed by atoms with E-state index >= 15 is 0 Å². The Kier molecular flexibility index (Phi) is 3.13. The van der Waals surface area contributed by atoms with Gasteiger partial charge in [0.05, 0.1) is 18.7 Å². The van der Waals surface area contributed by atoms with Crippen LogP contribution in [0.25, 0.3) is 10.9 Å². The van der Waals surface area contributed by atoms with Crippen molar-refractivity contribution in [2.24, 2.45) is 0 Å². The predicted molar refractivity (Wildman–Crippen MR) is 72.3 cm³/mol. The van der Waals surface area contributed by atoms with Crippen LogP contribution in [0.5, 0.6) is 0 Å². The van der Waals surface area contributed by atoms with Gasteiger partial charge in [-0.3, -0.25) is 9.88 Å². The second kappa shape index (κ2) is 4.92. The Morgan fingerprint density at radius 2 is 2.06 bits per heavy atom. The third kappa shape index (κ3) is 2.17. The van der Waals surface area contributed by atoms with Crippen LogP contribution < -0.4 is 5.73 Å². The fourth-order valence-electron chi connectivity index (χ4n) is 2.38. The number of aromatic nitrogens is 1. The maximum atomic E-state index is 5.98. The highest BCUT2D eigenvalue weighted by Crippen LogP contribution is 2.23. The fraction of sp³-hybridized carbons (Fsp3) is 0.357. The number of anilines is 1. The normalized spacial score (nSPS) is 17.1. The van der Waals surface area contributed by atoms with Gasteiger partial charge in [0.2, 0.25) is 0 Å². The zero-order valence-corrected chi connectivity index (χ0v) is 10.3. The monoisotopic (exact) mass is 243 g/mol. The van der Waals surface area contributed by atoms with Gasteiger partial charge in [0.15, 0.2) is 0 Å². The summed E-state index contributed by atoms with van der Waals surface area (Å²) in [4.78, 5) is 6.86. The lowest BCUT2D eigenvalue weighted by Crippen LogP contribution is -2.35. The first-order valence-corrected chi connectivity index (χ1v) is 6.27. The molecule has 2 aromatic rings. The van der Waals surface area contributed by atoms with Gasteiger partial charge in [0.25, 0.3) is 0 Å². The summed E-state index contributed by atoms with van der Waals surface area (Å²) in [7, 11) is 0. The van der Waals surface area contributed by atoms with Gasteiger partial charge >= 0.3 is 0 Å². The number of hydrogen-bond acceptors (Lipinski definition) is 4. The van der Waals surface area contributed by atoms with Crippen molar-refractivity contribution >= 4 is 16.6 Å². The molecule has 18 heavy (non-hydrogen) atoms. The van der Waals surface area contributed by atoms with E-state index in [-0.39, 0.29) is 0 Å². The fourth-order valence-corrected chi connectivity index (χ4v) is 2.38. The van der Waals surface area contributed by atoms with Gasteiger partial charge in [-0.15, -0.1) is 0 Å². The van der Waals surface area contributed by atoms with Gasteiger partial charge < -0.3 is 10.5 Å². The summed E-state index contributed by atoms with van der Waals surface area (Å²) in [5, 5.41) is 1.04. The predicted octanol–water partition coefficient (Wildman–Crippen LogP) is 1.65. The Labute approximate surface area is 106 Å². The quantitative estimate of drug-likeness (QED) is 0.815. The summed E-state index contributed by atoms with van der Waals surface area (Å²) in [6.07, 6.45) is 1.82. The van der Waals surface area contributed by atoms with Gasteiger partial charge in [-0.05, 0) is 23.8 Å². The van der Waals surface area contributed by atoms with Crippen molar-refractivity contribution in [3.8, 4) is 0 Å². The van der Waals surface area contributed by atoms with E-state index in [1.54, 1.807) is 0 Å². The first-order chi connectivity index (χ1) is 8.84. The topological polar surface area (TPSA) is 51.4 Å². The maximum absolute atomic E-state index is 5.98. The van der Waals surface area contributed by atoms with Crippen molar-refractivity contribution in [2.75, 3.05) is 32.0 Å². The summed E-state index contributed by atoms with van der Waals surface area (Å²) < 4.78 is 5.37. The maximum Gasteiger partial charge on any atom is 0.0767 e. The van der Waals surface area contributed by atoms with Crippen molar-refractivity contribution in [3.63, 3.8) is 0 Å². The molecule has 0 amide bonds. The van der Waals surface area contributed by atoms with Crippen LogP contribution in [0.15, 0.2) is 30.5 Å². The average Bonchev–Trinajstić information content (AvgIpc) is 2.44. The van der Waals surface area contributed by atoms with Gasteiger partial charge in [-0.1, -0.05) is 6.07 Å².